The van der Waals surface area contributed by atoms with Crippen LogP contribution in [-0.2, 0) is 24.3 Å². The van der Waals surface area contributed by atoms with E-state index in [1.54, 1.807) is 0 Å². The van der Waals surface area contributed by atoms with Crippen LogP contribution in [-0.4, -0.2) is 33.4 Å². The summed E-state index contributed by atoms with van der Waals surface area (Å²) in [5, 5.41) is 2.80. The van der Waals surface area contributed by atoms with Crippen molar-refractivity contribution in [3.05, 3.63) is 66.0 Å². The number of esters is 1. The Labute approximate surface area is 169 Å². The van der Waals surface area contributed by atoms with Crippen molar-refractivity contribution in [3.8, 4) is 0 Å². The van der Waals surface area contributed by atoms with Gasteiger partial charge in [0.2, 0.25) is 10.0 Å². The van der Waals surface area contributed by atoms with Crippen LogP contribution in [0.25, 0.3) is 0 Å². The van der Waals surface area contributed by atoms with E-state index in [0.717, 1.165) is 42.7 Å². The molecule has 0 spiro atoms. The van der Waals surface area contributed by atoms with Crippen LogP contribution in [0, 0.1) is 5.82 Å². The molecule has 0 bridgehead atoms. The minimum atomic E-state index is -3.99. The summed E-state index contributed by atoms with van der Waals surface area (Å²) >= 11 is 0. The second-order valence-electron chi connectivity index (χ2n) is 6.26. The van der Waals surface area contributed by atoms with Crippen molar-refractivity contribution in [2.75, 3.05) is 13.2 Å². The molecule has 29 heavy (non-hydrogen) atoms. The highest BCUT2D eigenvalue weighted by atomic mass is 32.2. The second-order valence-corrected chi connectivity index (χ2v) is 8.03. The van der Waals surface area contributed by atoms with Crippen LogP contribution in [0.1, 0.15) is 31.4 Å². The van der Waals surface area contributed by atoms with E-state index in [9.17, 15) is 22.4 Å². The molecular weight excluding hydrogens is 399 g/mol. The molecule has 2 aromatic carbocycles. The van der Waals surface area contributed by atoms with Gasteiger partial charge in [-0.1, -0.05) is 43.7 Å². The molecule has 0 saturated heterocycles. The first kappa shape index (κ1) is 22.5. The lowest BCUT2D eigenvalue weighted by Gasteiger charge is -2.18. The molecule has 0 aliphatic heterocycles. The SMILES string of the molecule is CCC[C@H](NC(=O)COC(=O)CNS(=O)(=O)c1ccc(F)cc1)c1ccccc1. The van der Waals surface area contributed by atoms with Crippen LogP contribution in [0.2, 0.25) is 0 Å². The topological polar surface area (TPSA) is 102 Å². The van der Waals surface area contributed by atoms with Gasteiger partial charge in [-0.15, -0.1) is 0 Å². The summed E-state index contributed by atoms with van der Waals surface area (Å²) in [6.45, 7) is 0.823. The molecule has 1 atom stereocenters. The molecule has 1 amide bonds. The average Bonchev–Trinajstić information content (AvgIpc) is 2.71. The van der Waals surface area contributed by atoms with Gasteiger partial charge in [-0.3, -0.25) is 9.59 Å². The van der Waals surface area contributed by atoms with Gasteiger partial charge >= 0.3 is 5.97 Å². The minimum Gasteiger partial charge on any atom is -0.455 e. The van der Waals surface area contributed by atoms with Gasteiger partial charge in [0.05, 0.1) is 10.9 Å². The first-order valence-corrected chi connectivity index (χ1v) is 10.6. The predicted octanol–water partition coefficient (Wildman–Crippen LogP) is 2.30. The van der Waals surface area contributed by atoms with E-state index in [1.165, 1.54) is 0 Å². The molecule has 156 valence electrons. The fourth-order valence-electron chi connectivity index (χ4n) is 2.58. The van der Waals surface area contributed by atoms with Crippen molar-refractivity contribution < 1.29 is 27.1 Å². The van der Waals surface area contributed by atoms with E-state index in [-0.39, 0.29) is 10.9 Å². The second kappa shape index (κ2) is 10.7. The van der Waals surface area contributed by atoms with Crippen molar-refractivity contribution in [3.63, 3.8) is 0 Å². The third kappa shape index (κ3) is 7.28. The predicted molar refractivity (Wildman–Crippen MR) is 105 cm³/mol. The Morgan fingerprint density at radius 1 is 1.07 bits per heavy atom. The summed E-state index contributed by atoms with van der Waals surface area (Å²) in [4.78, 5) is 23.7. The quantitative estimate of drug-likeness (QED) is 0.572. The smallest absolute Gasteiger partial charge is 0.321 e. The van der Waals surface area contributed by atoms with E-state index in [0.29, 0.717) is 0 Å². The van der Waals surface area contributed by atoms with Gasteiger partial charge in [0.25, 0.3) is 5.91 Å². The van der Waals surface area contributed by atoms with Crippen molar-refractivity contribution >= 4 is 21.9 Å². The third-order valence-electron chi connectivity index (χ3n) is 4.01. The van der Waals surface area contributed by atoms with Crippen molar-refractivity contribution in [2.45, 2.75) is 30.7 Å². The fourth-order valence-corrected chi connectivity index (χ4v) is 3.55. The lowest BCUT2D eigenvalue weighted by molar-refractivity contribution is -0.147. The van der Waals surface area contributed by atoms with Gasteiger partial charge in [-0.2, -0.15) is 4.72 Å². The largest absolute Gasteiger partial charge is 0.455 e. The molecule has 7 nitrogen and oxygen atoms in total. The van der Waals surface area contributed by atoms with Gasteiger partial charge in [-0.25, -0.2) is 12.8 Å². The molecule has 2 aromatic rings. The molecule has 0 unspecified atom stereocenters. The number of carbonyl (C=O) groups is 2. The first-order chi connectivity index (χ1) is 13.8. The summed E-state index contributed by atoms with van der Waals surface area (Å²) in [6.07, 6.45) is 1.58. The van der Waals surface area contributed by atoms with E-state index in [1.807, 2.05) is 42.0 Å². The zero-order valence-electron chi connectivity index (χ0n) is 15.9. The number of sulfonamides is 1. The van der Waals surface area contributed by atoms with E-state index >= 15 is 0 Å². The highest BCUT2D eigenvalue weighted by molar-refractivity contribution is 7.89. The first-order valence-electron chi connectivity index (χ1n) is 9.07. The molecule has 2 N–H and O–H groups in total. The van der Waals surface area contributed by atoms with Crippen LogP contribution in [0.15, 0.2) is 59.5 Å². The summed E-state index contributed by atoms with van der Waals surface area (Å²) in [5.74, 6) is -1.97. The number of carbonyl (C=O) groups excluding carboxylic acids is 2. The van der Waals surface area contributed by atoms with Crippen LogP contribution < -0.4 is 10.0 Å². The Bertz CT molecular complexity index is 918. The lowest BCUT2D eigenvalue weighted by Crippen LogP contribution is -2.35. The molecule has 0 radical (unpaired) electrons. The molecule has 2 rings (SSSR count). The van der Waals surface area contributed by atoms with E-state index in [4.69, 9.17) is 4.74 Å². The molecule has 0 saturated carbocycles. The number of rotatable bonds is 10. The Balaban J connectivity index is 1.82. The Morgan fingerprint density at radius 2 is 1.72 bits per heavy atom. The highest BCUT2D eigenvalue weighted by Crippen LogP contribution is 2.17. The van der Waals surface area contributed by atoms with Crippen LogP contribution in [0.3, 0.4) is 0 Å². The van der Waals surface area contributed by atoms with Crippen molar-refractivity contribution in [2.24, 2.45) is 0 Å². The maximum Gasteiger partial charge on any atom is 0.321 e. The van der Waals surface area contributed by atoms with Gasteiger partial charge in [0.1, 0.15) is 12.4 Å². The van der Waals surface area contributed by atoms with Gasteiger partial charge in [0.15, 0.2) is 6.61 Å². The minimum absolute atomic E-state index is 0.185. The Kier molecular flexibility index (Phi) is 8.29. The number of ether oxygens (including phenoxy) is 1. The normalized spacial score (nSPS) is 12.2. The van der Waals surface area contributed by atoms with Crippen molar-refractivity contribution in [1.29, 1.82) is 0 Å². The lowest BCUT2D eigenvalue weighted by atomic mass is 10.0. The van der Waals surface area contributed by atoms with Crippen LogP contribution in [0.4, 0.5) is 4.39 Å². The molecule has 0 aliphatic carbocycles. The average molecular weight is 422 g/mol. The standard InChI is InChI=1S/C20H23FN2O5S/c1-2-6-18(15-7-4-3-5-8-15)23-19(24)14-28-20(25)13-22-29(26,27)17-11-9-16(21)10-12-17/h3-5,7-12,18,22H,2,6,13-14H2,1H3,(H,23,24)/t18-/m0/s1. The van der Waals surface area contributed by atoms with Gasteiger partial charge in [-0.05, 0) is 36.2 Å². The van der Waals surface area contributed by atoms with E-state index < -0.39 is 40.9 Å². The maximum absolute atomic E-state index is 12.9. The van der Waals surface area contributed by atoms with E-state index in [2.05, 4.69) is 5.32 Å². The molecule has 0 fully saturated rings. The zero-order chi connectivity index (χ0) is 21.3. The van der Waals surface area contributed by atoms with Gasteiger partial charge < -0.3 is 10.1 Å². The Hall–Kier alpha value is -2.78. The number of nitrogens with one attached hydrogen (secondary N) is 2. The van der Waals surface area contributed by atoms with Crippen molar-refractivity contribution in [1.82, 2.24) is 10.0 Å². The number of benzene rings is 2. The number of hydrogen-bond acceptors (Lipinski definition) is 5. The molecule has 0 heterocycles. The monoisotopic (exact) mass is 422 g/mol. The number of amides is 1. The molecule has 9 heteroatoms. The third-order valence-corrected chi connectivity index (χ3v) is 5.43. The number of hydrogen-bond donors (Lipinski definition) is 2. The fraction of sp³-hybridized carbons (Fsp3) is 0.300. The Morgan fingerprint density at radius 3 is 2.34 bits per heavy atom. The molecule has 0 aliphatic rings. The molecule has 0 aromatic heterocycles. The molecular formula is C20H23FN2O5S. The van der Waals surface area contributed by atoms with Crippen LogP contribution >= 0.6 is 0 Å². The van der Waals surface area contributed by atoms with Gasteiger partial charge in [0, 0.05) is 0 Å². The van der Waals surface area contributed by atoms with Crippen LogP contribution in [0.5, 0.6) is 0 Å². The summed E-state index contributed by atoms with van der Waals surface area (Å²) < 4.78 is 43.8. The summed E-state index contributed by atoms with van der Waals surface area (Å²) in [7, 11) is -3.99. The summed E-state index contributed by atoms with van der Waals surface area (Å²) in [5.41, 5.74) is 0.945. The summed E-state index contributed by atoms with van der Waals surface area (Å²) in [6, 6.07) is 13.4. The maximum atomic E-state index is 12.9. The highest BCUT2D eigenvalue weighted by Gasteiger charge is 2.18. The number of halogens is 1. The zero-order valence-corrected chi connectivity index (χ0v) is 16.7.